The Hall–Kier alpha value is -2.33. The van der Waals surface area contributed by atoms with Crippen molar-refractivity contribution in [2.24, 2.45) is 5.14 Å². The van der Waals surface area contributed by atoms with Crippen molar-refractivity contribution in [2.45, 2.75) is 35.6 Å². The zero-order valence-corrected chi connectivity index (χ0v) is 19.5. The lowest BCUT2D eigenvalue weighted by atomic mass is 10.2. The second kappa shape index (κ2) is 8.79. The highest BCUT2D eigenvalue weighted by Crippen LogP contribution is 2.38. The molecule has 0 spiro atoms. The highest BCUT2D eigenvalue weighted by molar-refractivity contribution is 7.98. The predicted molar refractivity (Wildman–Crippen MR) is 125 cm³/mol. The van der Waals surface area contributed by atoms with Crippen molar-refractivity contribution in [3.05, 3.63) is 41.5 Å². The van der Waals surface area contributed by atoms with Crippen LogP contribution in [0.4, 0.5) is 5.82 Å². The normalized spacial score (nSPS) is 21.3. The summed E-state index contributed by atoms with van der Waals surface area (Å²) < 4.78 is 35.3. The Balaban J connectivity index is 1.40. The third-order valence-electron chi connectivity index (χ3n) is 5.19. The van der Waals surface area contributed by atoms with E-state index in [1.165, 1.54) is 33.1 Å². The lowest BCUT2D eigenvalue weighted by Crippen LogP contribution is -2.30. The maximum absolute atomic E-state index is 11.1. The summed E-state index contributed by atoms with van der Waals surface area (Å²) >= 11 is 3.22. The predicted octanol–water partition coefficient (Wildman–Crippen LogP) is 1.78. The molecule has 0 unspecified atom stereocenters. The minimum Gasteiger partial charge on any atom is -0.390 e. The van der Waals surface area contributed by atoms with Crippen molar-refractivity contribution in [3.63, 3.8) is 0 Å². The van der Waals surface area contributed by atoms with Crippen LogP contribution in [0.15, 0.2) is 41.7 Å². The SMILES string of the molecule is Nc1ncnc2c1c(SCc1cc3ccccc3s1)nn2[C@H]1C[C@H](O)[C@@H](COS(N)(=O)=O)O1. The number of thioether (sulfide) groups is 1. The first-order valence-corrected chi connectivity index (χ1v) is 13.2. The minimum absolute atomic E-state index is 0.166. The molecule has 0 radical (unpaired) electrons. The molecule has 1 aliphatic rings. The second-order valence-corrected chi connectivity index (χ2v) is 10.8. The first kappa shape index (κ1) is 22.5. The van der Waals surface area contributed by atoms with Crippen LogP contribution in [0.3, 0.4) is 0 Å². The molecule has 1 fully saturated rings. The summed E-state index contributed by atoms with van der Waals surface area (Å²) in [5.74, 6) is 0.969. The van der Waals surface area contributed by atoms with Crippen molar-refractivity contribution >= 4 is 60.3 Å². The molecule has 0 bridgehead atoms. The van der Waals surface area contributed by atoms with Crippen molar-refractivity contribution in [3.8, 4) is 0 Å². The largest absolute Gasteiger partial charge is 0.390 e. The van der Waals surface area contributed by atoms with E-state index in [1.807, 2.05) is 12.1 Å². The van der Waals surface area contributed by atoms with Gasteiger partial charge < -0.3 is 15.6 Å². The summed E-state index contributed by atoms with van der Waals surface area (Å²) in [6, 6.07) is 10.3. The number of aliphatic hydroxyl groups excluding tert-OH is 1. The average Bonchev–Trinajstić information content (AvgIpc) is 3.45. The maximum atomic E-state index is 11.1. The lowest BCUT2D eigenvalue weighted by molar-refractivity contribution is -0.0415. The molecule has 5 N–H and O–H groups in total. The van der Waals surface area contributed by atoms with Gasteiger partial charge in [0.05, 0.1) is 18.1 Å². The third kappa shape index (κ3) is 4.68. The fourth-order valence-electron chi connectivity index (χ4n) is 3.69. The van der Waals surface area contributed by atoms with Gasteiger partial charge in [-0.05, 0) is 17.5 Å². The zero-order valence-electron chi connectivity index (χ0n) is 17.1. The van der Waals surface area contributed by atoms with Gasteiger partial charge in [0.25, 0.3) is 0 Å². The zero-order chi connectivity index (χ0) is 23.2. The molecule has 14 heteroatoms. The van der Waals surface area contributed by atoms with Crippen molar-refractivity contribution in [2.75, 3.05) is 12.3 Å². The van der Waals surface area contributed by atoms with E-state index in [2.05, 4.69) is 37.4 Å². The number of nitrogens with zero attached hydrogens (tertiary/aromatic N) is 4. The molecule has 4 aromatic rings. The Labute approximate surface area is 197 Å². The summed E-state index contributed by atoms with van der Waals surface area (Å²) in [7, 11) is -4.15. The van der Waals surface area contributed by atoms with Gasteiger partial charge in [-0.2, -0.15) is 13.5 Å². The number of fused-ring (bicyclic) bond motifs is 2. The van der Waals surface area contributed by atoms with Gasteiger partial charge in [-0.15, -0.1) is 11.3 Å². The highest BCUT2D eigenvalue weighted by atomic mass is 32.2. The molecule has 1 saturated heterocycles. The molecule has 11 nitrogen and oxygen atoms in total. The molecule has 5 rings (SSSR count). The van der Waals surface area contributed by atoms with Crippen LogP contribution in [0.2, 0.25) is 0 Å². The minimum atomic E-state index is -4.15. The summed E-state index contributed by atoms with van der Waals surface area (Å²) in [5.41, 5.74) is 6.61. The van der Waals surface area contributed by atoms with E-state index in [-0.39, 0.29) is 12.2 Å². The van der Waals surface area contributed by atoms with Crippen molar-refractivity contribution < 1.29 is 22.4 Å². The molecule has 33 heavy (non-hydrogen) atoms. The molecular formula is C19H20N6O5S3. The van der Waals surface area contributed by atoms with Gasteiger partial charge in [0.15, 0.2) is 11.9 Å². The standard InChI is InChI=1S/C19H20N6O5S3/c20-17-16-18(23-9-22-17)25(15-6-12(26)13(30-15)7-29-33(21,27)28)24-19(16)31-8-11-5-10-3-1-2-4-14(10)32-11/h1-5,9,12-13,15,26H,6-8H2,(H2,20,22,23)(H2,21,27,28)/t12-,13+,15+/m0/s1. The average molecular weight is 509 g/mol. The van der Waals surface area contributed by atoms with E-state index < -0.39 is 35.3 Å². The molecular weight excluding hydrogens is 488 g/mol. The van der Waals surface area contributed by atoms with E-state index in [4.69, 9.17) is 15.6 Å². The van der Waals surface area contributed by atoms with Crippen molar-refractivity contribution in [1.29, 1.82) is 0 Å². The Morgan fingerprint density at radius 2 is 2.15 bits per heavy atom. The second-order valence-electron chi connectivity index (χ2n) is 7.46. The number of ether oxygens (including phenoxy) is 1. The number of aromatic nitrogens is 4. The summed E-state index contributed by atoms with van der Waals surface area (Å²) in [5, 5.41) is 22.3. The van der Waals surface area contributed by atoms with Crippen LogP contribution >= 0.6 is 23.1 Å². The summed E-state index contributed by atoms with van der Waals surface area (Å²) in [4.78, 5) is 9.61. The van der Waals surface area contributed by atoms with E-state index in [9.17, 15) is 13.5 Å². The van der Waals surface area contributed by atoms with E-state index in [1.54, 1.807) is 16.0 Å². The van der Waals surface area contributed by atoms with E-state index >= 15 is 0 Å². The smallest absolute Gasteiger partial charge is 0.333 e. The molecule has 174 valence electrons. The van der Waals surface area contributed by atoms with Crippen LogP contribution in [0.5, 0.6) is 0 Å². The van der Waals surface area contributed by atoms with Crippen LogP contribution in [0.1, 0.15) is 17.5 Å². The molecule has 1 aromatic carbocycles. The number of nitrogen functional groups attached to an aromatic ring is 1. The van der Waals surface area contributed by atoms with Crippen LogP contribution in [-0.4, -0.2) is 52.1 Å². The number of hydrogen-bond acceptors (Lipinski definition) is 11. The number of aliphatic hydroxyl groups is 1. The molecule has 3 aromatic heterocycles. The maximum Gasteiger partial charge on any atom is 0.333 e. The molecule has 0 aliphatic carbocycles. The van der Waals surface area contributed by atoms with Crippen LogP contribution in [0, 0.1) is 0 Å². The van der Waals surface area contributed by atoms with Gasteiger partial charge in [0.1, 0.15) is 23.3 Å². The van der Waals surface area contributed by atoms with Gasteiger partial charge in [-0.1, -0.05) is 30.0 Å². The summed E-state index contributed by atoms with van der Waals surface area (Å²) in [6.45, 7) is -0.402. The Morgan fingerprint density at radius 3 is 2.94 bits per heavy atom. The molecule has 3 atom stereocenters. The number of thiophene rings is 1. The van der Waals surface area contributed by atoms with Crippen LogP contribution in [-0.2, 0) is 25.0 Å². The third-order valence-corrected chi connectivity index (χ3v) is 7.97. The fraction of sp³-hybridized carbons (Fsp3) is 0.316. The molecule has 0 saturated carbocycles. The van der Waals surface area contributed by atoms with E-state index in [0.29, 0.717) is 21.8 Å². The van der Waals surface area contributed by atoms with Gasteiger partial charge in [0.2, 0.25) is 0 Å². The lowest BCUT2D eigenvalue weighted by Gasteiger charge is -2.14. The molecule has 0 amide bonds. The number of nitrogens with two attached hydrogens (primary N) is 2. The fourth-order valence-corrected chi connectivity index (χ4v) is 6.13. The molecule has 4 heterocycles. The first-order chi connectivity index (χ1) is 15.8. The van der Waals surface area contributed by atoms with Gasteiger partial charge in [-0.3, -0.25) is 4.18 Å². The van der Waals surface area contributed by atoms with Crippen molar-refractivity contribution in [1.82, 2.24) is 19.7 Å². The summed E-state index contributed by atoms with van der Waals surface area (Å²) in [6.07, 6.45) is -1.04. The van der Waals surface area contributed by atoms with Gasteiger partial charge >= 0.3 is 10.3 Å². The van der Waals surface area contributed by atoms with Gasteiger partial charge in [-0.25, -0.2) is 19.8 Å². The van der Waals surface area contributed by atoms with E-state index in [0.717, 1.165) is 0 Å². The number of benzene rings is 1. The van der Waals surface area contributed by atoms with Crippen LogP contribution in [0.25, 0.3) is 21.1 Å². The molecule has 1 aliphatic heterocycles. The highest BCUT2D eigenvalue weighted by Gasteiger charge is 2.38. The number of rotatable bonds is 7. The number of anilines is 1. The Bertz CT molecular complexity index is 1390. The van der Waals surface area contributed by atoms with Crippen LogP contribution < -0.4 is 10.9 Å². The Morgan fingerprint density at radius 1 is 1.33 bits per heavy atom. The number of hydrogen-bond donors (Lipinski definition) is 3. The monoisotopic (exact) mass is 508 g/mol. The van der Waals surface area contributed by atoms with Gasteiger partial charge in [0, 0.05) is 21.8 Å². The topological polar surface area (TPSA) is 168 Å². The first-order valence-electron chi connectivity index (χ1n) is 9.88. The Kier molecular flexibility index (Phi) is 5.98. The quantitative estimate of drug-likeness (QED) is 0.313.